The second-order valence-corrected chi connectivity index (χ2v) is 4.26. The molecule has 0 saturated carbocycles. The van der Waals surface area contributed by atoms with Crippen molar-refractivity contribution in [3.05, 3.63) is 29.8 Å². The number of ether oxygens (including phenoxy) is 1. The quantitative estimate of drug-likeness (QED) is 0.727. The fraction of sp³-hybridized carbons (Fsp3) is 0.462. The van der Waals surface area contributed by atoms with Gasteiger partial charge in [0, 0.05) is 24.3 Å². The van der Waals surface area contributed by atoms with Crippen molar-refractivity contribution < 1.29 is 14.6 Å². The molecule has 1 aromatic rings. The number of nitrogens with one attached hydrogen (secondary N) is 2. The molecule has 98 valence electrons. The summed E-state index contributed by atoms with van der Waals surface area (Å²) in [6.45, 7) is 2.10. The summed E-state index contributed by atoms with van der Waals surface area (Å²) in [5.74, 6) is -0.0930. The fourth-order valence-corrected chi connectivity index (χ4v) is 1.94. The Morgan fingerprint density at radius 3 is 3.06 bits per heavy atom. The van der Waals surface area contributed by atoms with Gasteiger partial charge in [0.15, 0.2) is 0 Å². The Labute approximate surface area is 106 Å². The van der Waals surface area contributed by atoms with Gasteiger partial charge in [-0.05, 0) is 6.07 Å². The Morgan fingerprint density at radius 2 is 2.33 bits per heavy atom. The van der Waals surface area contributed by atoms with Crippen LogP contribution in [0.2, 0.25) is 0 Å². The van der Waals surface area contributed by atoms with E-state index in [0.29, 0.717) is 30.8 Å². The molecule has 5 heteroatoms. The van der Waals surface area contributed by atoms with Crippen LogP contribution in [0.5, 0.6) is 0 Å². The van der Waals surface area contributed by atoms with E-state index in [1.54, 1.807) is 12.1 Å². The molecule has 3 N–H and O–H groups in total. The summed E-state index contributed by atoms with van der Waals surface area (Å²) in [6.07, 6.45) is 0.257. The third kappa shape index (κ3) is 3.53. The molecule has 1 aliphatic rings. The predicted octanol–water partition coefficient (Wildman–Crippen LogP) is 0.496. The first-order valence-corrected chi connectivity index (χ1v) is 6.10. The minimum absolute atomic E-state index is 0.0694. The van der Waals surface area contributed by atoms with Crippen LogP contribution in [-0.4, -0.2) is 36.8 Å². The van der Waals surface area contributed by atoms with Crippen LogP contribution >= 0.6 is 0 Å². The van der Waals surface area contributed by atoms with Gasteiger partial charge in [0.05, 0.1) is 25.7 Å². The zero-order valence-corrected chi connectivity index (χ0v) is 10.2. The van der Waals surface area contributed by atoms with Gasteiger partial charge in [-0.25, -0.2) is 0 Å². The largest absolute Gasteiger partial charge is 0.392 e. The predicted molar refractivity (Wildman–Crippen MR) is 68.2 cm³/mol. The van der Waals surface area contributed by atoms with Crippen molar-refractivity contribution in [3.8, 4) is 0 Å². The molecule has 1 atom stereocenters. The van der Waals surface area contributed by atoms with Crippen LogP contribution in [0.15, 0.2) is 24.3 Å². The average Bonchev–Trinajstić information content (AvgIpc) is 2.40. The van der Waals surface area contributed by atoms with E-state index in [2.05, 4.69) is 10.6 Å². The molecule has 18 heavy (non-hydrogen) atoms. The van der Waals surface area contributed by atoms with Crippen LogP contribution in [0.25, 0.3) is 0 Å². The van der Waals surface area contributed by atoms with Crippen molar-refractivity contribution in [1.82, 2.24) is 5.32 Å². The Bertz CT molecular complexity index is 403. The number of aliphatic hydroxyl groups excluding tert-OH is 1. The first-order chi connectivity index (χ1) is 8.79. The Balaban J connectivity index is 1.90. The van der Waals surface area contributed by atoms with Gasteiger partial charge in [0.1, 0.15) is 0 Å². The number of carbonyl (C=O) groups is 1. The van der Waals surface area contributed by atoms with Crippen molar-refractivity contribution in [2.75, 3.05) is 25.0 Å². The summed E-state index contributed by atoms with van der Waals surface area (Å²) in [7, 11) is 0. The highest BCUT2D eigenvalue weighted by Gasteiger charge is 2.17. The molecular formula is C13H18N2O3. The second-order valence-electron chi connectivity index (χ2n) is 4.26. The minimum Gasteiger partial charge on any atom is -0.392 e. The number of para-hydroxylation sites is 1. The number of rotatable bonds is 4. The number of morpholine rings is 1. The van der Waals surface area contributed by atoms with E-state index < -0.39 is 0 Å². The van der Waals surface area contributed by atoms with Crippen LogP contribution in [0, 0.1) is 0 Å². The van der Waals surface area contributed by atoms with E-state index in [0.717, 1.165) is 6.54 Å². The maximum atomic E-state index is 11.8. The first-order valence-electron chi connectivity index (χ1n) is 6.10. The first kappa shape index (κ1) is 13.0. The van der Waals surface area contributed by atoms with E-state index >= 15 is 0 Å². The molecular weight excluding hydrogens is 232 g/mol. The summed E-state index contributed by atoms with van der Waals surface area (Å²) in [5, 5.41) is 15.2. The number of anilines is 1. The third-order valence-corrected chi connectivity index (χ3v) is 2.88. The van der Waals surface area contributed by atoms with Crippen molar-refractivity contribution >= 4 is 11.6 Å². The smallest absolute Gasteiger partial charge is 0.227 e. The summed E-state index contributed by atoms with van der Waals surface area (Å²) in [4.78, 5) is 11.8. The highest BCUT2D eigenvalue weighted by molar-refractivity contribution is 5.91. The summed E-state index contributed by atoms with van der Waals surface area (Å²) in [6, 6.07) is 7.22. The molecule has 0 aliphatic carbocycles. The normalized spacial score (nSPS) is 19.5. The maximum Gasteiger partial charge on any atom is 0.227 e. The zero-order valence-electron chi connectivity index (χ0n) is 10.2. The number of carbonyl (C=O) groups excluding carboxylic acids is 1. The fourth-order valence-electron chi connectivity index (χ4n) is 1.94. The molecule has 5 nitrogen and oxygen atoms in total. The van der Waals surface area contributed by atoms with Crippen LogP contribution in [0.3, 0.4) is 0 Å². The SMILES string of the molecule is O=C(CC1CNCCO1)Nc1ccccc1CO. The molecule has 1 amide bonds. The van der Waals surface area contributed by atoms with Gasteiger partial charge >= 0.3 is 0 Å². The molecule has 1 fully saturated rings. The Hall–Kier alpha value is -1.43. The lowest BCUT2D eigenvalue weighted by atomic mass is 10.1. The van der Waals surface area contributed by atoms with Gasteiger partial charge in [0.2, 0.25) is 5.91 Å². The molecule has 1 saturated heterocycles. The van der Waals surface area contributed by atoms with Crippen molar-refractivity contribution in [1.29, 1.82) is 0 Å². The topological polar surface area (TPSA) is 70.6 Å². The van der Waals surface area contributed by atoms with Crippen LogP contribution in [0.1, 0.15) is 12.0 Å². The van der Waals surface area contributed by atoms with E-state index in [9.17, 15) is 4.79 Å². The molecule has 1 aliphatic heterocycles. The lowest BCUT2D eigenvalue weighted by Gasteiger charge is -2.23. The molecule has 1 unspecified atom stereocenters. The number of hydrogen-bond donors (Lipinski definition) is 3. The second kappa shape index (κ2) is 6.49. The van der Waals surface area contributed by atoms with Gasteiger partial charge in [0.25, 0.3) is 0 Å². The highest BCUT2D eigenvalue weighted by Crippen LogP contribution is 2.15. The number of aliphatic hydroxyl groups is 1. The van der Waals surface area contributed by atoms with Gasteiger partial charge in [-0.1, -0.05) is 18.2 Å². The molecule has 1 heterocycles. The number of hydrogen-bond acceptors (Lipinski definition) is 4. The molecule has 0 spiro atoms. The van der Waals surface area contributed by atoms with Crippen LogP contribution < -0.4 is 10.6 Å². The third-order valence-electron chi connectivity index (χ3n) is 2.88. The average molecular weight is 250 g/mol. The van der Waals surface area contributed by atoms with Crippen molar-refractivity contribution in [2.45, 2.75) is 19.1 Å². The number of amides is 1. The highest BCUT2D eigenvalue weighted by atomic mass is 16.5. The Morgan fingerprint density at radius 1 is 1.50 bits per heavy atom. The monoisotopic (exact) mass is 250 g/mol. The van der Waals surface area contributed by atoms with Gasteiger partial charge in [-0.15, -0.1) is 0 Å². The van der Waals surface area contributed by atoms with E-state index in [4.69, 9.17) is 9.84 Å². The van der Waals surface area contributed by atoms with Crippen molar-refractivity contribution in [3.63, 3.8) is 0 Å². The molecule has 0 bridgehead atoms. The summed E-state index contributed by atoms with van der Waals surface area (Å²) in [5.41, 5.74) is 1.38. The zero-order chi connectivity index (χ0) is 12.8. The van der Waals surface area contributed by atoms with Crippen molar-refractivity contribution in [2.24, 2.45) is 0 Å². The van der Waals surface area contributed by atoms with Crippen LogP contribution in [0.4, 0.5) is 5.69 Å². The van der Waals surface area contributed by atoms with Gasteiger partial charge < -0.3 is 20.5 Å². The lowest BCUT2D eigenvalue weighted by Crippen LogP contribution is -2.40. The molecule has 1 aromatic carbocycles. The standard InChI is InChI=1S/C13H18N2O3/c16-9-10-3-1-2-4-12(10)15-13(17)7-11-8-14-5-6-18-11/h1-4,11,14,16H,5-9H2,(H,15,17). The van der Waals surface area contributed by atoms with Gasteiger partial charge in [-0.2, -0.15) is 0 Å². The maximum absolute atomic E-state index is 11.8. The summed E-state index contributed by atoms with van der Waals surface area (Å²) >= 11 is 0. The van der Waals surface area contributed by atoms with E-state index in [-0.39, 0.29) is 18.6 Å². The lowest BCUT2D eigenvalue weighted by molar-refractivity contribution is -0.119. The molecule has 0 radical (unpaired) electrons. The van der Waals surface area contributed by atoms with Crippen LogP contribution in [-0.2, 0) is 16.1 Å². The molecule has 0 aromatic heterocycles. The Kier molecular flexibility index (Phi) is 4.69. The number of benzene rings is 1. The molecule has 2 rings (SSSR count). The van der Waals surface area contributed by atoms with Gasteiger partial charge in [-0.3, -0.25) is 4.79 Å². The summed E-state index contributed by atoms with van der Waals surface area (Å²) < 4.78 is 5.47. The van der Waals surface area contributed by atoms with E-state index in [1.807, 2.05) is 12.1 Å². The minimum atomic E-state index is -0.0930. The van der Waals surface area contributed by atoms with E-state index in [1.165, 1.54) is 0 Å².